The fraction of sp³-hybridized carbons (Fsp3) is 0.600. The Morgan fingerprint density at radius 2 is 2.15 bits per heavy atom. The van der Waals surface area contributed by atoms with Gasteiger partial charge in [-0.05, 0) is 37.3 Å². The monoisotopic (exact) mass is 215 g/mol. The standard InChI is InChI=1S/C10H17NS2/c1-2-9-4-5-10(13-9)8-12-7-3-6-11/h4-5H,2-3,6-8,11H2,1H3. The van der Waals surface area contributed by atoms with Crippen LogP contribution in [0.5, 0.6) is 0 Å². The molecule has 0 unspecified atom stereocenters. The highest BCUT2D eigenvalue weighted by Crippen LogP contribution is 2.22. The van der Waals surface area contributed by atoms with Crippen LogP contribution in [0, 0.1) is 0 Å². The molecule has 1 nitrogen and oxygen atoms in total. The van der Waals surface area contributed by atoms with Crippen LogP contribution in [-0.2, 0) is 12.2 Å². The fourth-order valence-electron chi connectivity index (χ4n) is 1.05. The van der Waals surface area contributed by atoms with Gasteiger partial charge in [-0.15, -0.1) is 11.3 Å². The zero-order valence-electron chi connectivity index (χ0n) is 8.08. The van der Waals surface area contributed by atoms with Gasteiger partial charge in [0.1, 0.15) is 0 Å². The predicted octanol–water partition coefficient (Wildman–Crippen LogP) is 2.89. The third-order valence-corrected chi connectivity index (χ3v) is 4.31. The van der Waals surface area contributed by atoms with E-state index in [1.165, 1.54) is 15.5 Å². The number of nitrogens with two attached hydrogens (primary N) is 1. The number of aryl methyl sites for hydroxylation is 1. The Balaban J connectivity index is 2.20. The van der Waals surface area contributed by atoms with E-state index in [2.05, 4.69) is 19.1 Å². The lowest BCUT2D eigenvalue weighted by Crippen LogP contribution is -1.99. The van der Waals surface area contributed by atoms with Gasteiger partial charge in [-0.25, -0.2) is 0 Å². The first-order chi connectivity index (χ1) is 6.36. The molecule has 0 bridgehead atoms. The van der Waals surface area contributed by atoms with Crippen molar-refractivity contribution < 1.29 is 0 Å². The molecule has 3 heteroatoms. The first-order valence-electron chi connectivity index (χ1n) is 4.72. The molecule has 1 heterocycles. The smallest absolute Gasteiger partial charge is 0.0279 e. The van der Waals surface area contributed by atoms with Gasteiger partial charge in [-0.2, -0.15) is 11.8 Å². The molecule has 1 aromatic rings. The Morgan fingerprint density at radius 3 is 2.77 bits per heavy atom. The first kappa shape index (κ1) is 11.1. The first-order valence-corrected chi connectivity index (χ1v) is 6.69. The van der Waals surface area contributed by atoms with E-state index in [-0.39, 0.29) is 0 Å². The van der Waals surface area contributed by atoms with Gasteiger partial charge in [0, 0.05) is 15.5 Å². The Labute approximate surface area is 88.7 Å². The molecule has 0 atom stereocenters. The third kappa shape index (κ3) is 4.16. The van der Waals surface area contributed by atoms with Gasteiger partial charge in [-0.1, -0.05) is 6.92 Å². The lowest BCUT2D eigenvalue weighted by molar-refractivity contribution is 0.943. The summed E-state index contributed by atoms with van der Waals surface area (Å²) in [6.07, 6.45) is 2.30. The van der Waals surface area contributed by atoms with Gasteiger partial charge in [0.05, 0.1) is 0 Å². The Bertz CT molecular complexity index is 233. The van der Waals surface area contributed by atoms with E-state index < -0.39 is 0 Å². The summed E-state index contributed by atoms with van der Waals surface area (Å²) in [6, 6.07) is 4.49. The average Bonchev–Trinajstić information content (AvgIpc) is 2.60. The van der Waals surface area contributed by atoms with Gasteiger partial charge < -0.3 is 5.73 Å². The van der Waals surface area contributed by atoms with Crippen molar-refractivity contribution in [2.75, 3.05) is 12.3 Å². The van der Waals surface area contributed by atoms with Crippen molar-refractivity contribution in [3.05, 3.63) is 21.9 Å². The summed E-state index contributed by atoms with van der Waals surface area (Å²) in [5.74, 6) is 2.35. The lowest BCUT2D eigenvalue weighted by Gasteiger charge is -1.96. The zero-order chi connectivity index (χ0) is 9.52. The van der Waals surface area contributed by atoms with Crippen LogP contribution in [0.2, 0.25) is 0 Å². The van der Waals surface area contributed by atoms with E-state index in [1.807, 2.05) is 23.1 Å². The second-order valence-electron chi connectivity index (χ2n) is 2.92. The minimum absolute atomic E-state index is 0.817. The van der Waals surface area contributed by atoms with E-state index in [0.717, 1.165) is 25.1 Å². The molecule has 13 heavy (non-hydrogen) atoms. The molecule has 0 fully saturated rings. The maximum atomic E-state index is 5.42. The van der Waals surface area contributed by atoms with Gasteiger partial charge in [0.2, 0.25) is 0 Å². The molecule has 1 rings (SSSR count). The van der Waals surface area contributed by atoms with Crippen molar-refractivity contribution >= 4 is 23.1 Å². The molecule has 0 amide bonds. The molecule has 0 aliphatic carbocycles. The van der Waals surface area contributed by atoms with E-state index in [9.17, 15) is 0 Å². The number of thiophene rings is 1. The second-order valence-corrected chi connectivity index (χ2v) is 5.27. The molecule has 0 aliphatic heterocycles. The summed E-state index contributed by atoms with van der Waals surface area (Å²) >= 11 is 3.92. The molecule has 2 N–H and O–H groups in total. The van der Waals surface area contributed by atoms with Crippen LogP contribution in [0.4, 0.5) is 0 Å². The van der Waals surface area contributed by atoms with Crippen molar-refractivity contribution in [3.8, 4) is 0 Å². The molecule has 74 valence electrons. The molecule has 0 radical (unpaired) electrons. The molecule has 0 aromatic carbocycles. The zero-order valence-corrected chi connectivity index (χ0v) is 9.72. The van der Waals surface area contributed by atoms with Crippen LogP contribution in [-0.4, -0.2) is 12.3 Å². The fourth-order valence-corrected chi connectivity index (χ4v) is 3.10. The molecule has 0 spiro atoms. The van der Waals surface area contributed by atoms with Gasteiger partial charge >= 0.3 is 0 Å². The molecule has 0 aliphatic rings. The van der Waals surface area contributed by atoms with E-state index >= 15 is 0 Å². The number of hydrogen-bond acceptors (Lipinski definition) is 3. The maximum absolute atomic E-state index is 5.42. The summed E-state index contributed by atoms with van der Waals surface area (Å²) in [5.41, 5.74) is 5.42. The van der Waals surface area contributed by atoms with E-state index in [1.54, 1.807) is 0 Å². The van der Waals surface area contributed by atoms with Crippen LogP contribution in [0.15, 0.2) is 12.1 Å². The number of thioether (sulfide) groups is 1. The van der Waals surface area contributed by atoms with Gasteiger partial charge in [0.25, 0.3) is 0 Å². The molecule has 0 saturated heterocycles. The van der Waals surface area contributed by atoms with Crippen LogP contribution < -0.4 is 5.73 Å². The summed E-state index contributed by atoms with van der Waals surface area (Å²) in [6.45, 7) is 3.02. The van der Waals surface area contributed by atoms with E-state index in [4.69, 9.17) is 5.73 Å². The Morgan fingerprint density at radius 1 is 1.38 bits per heavy atom. The minimum Gasteiger partial charge on any atom is -0.330 e. The second kappa shape index (κ2) is 6.46. The number of rotatable bonds is 6. The SMILES string of the molecule is CCc1ccc(CSCCCN)s1. The van der Waals surface area contributed by atoms with Gasteiger partial charge in [-0.3, -0.25) is 0 Å². The third-order valence-electron chi connectivity index (χ3n) is 1.80. The molecule has 1 aromatic heterocycles. The molecular formula is C10H17NS2. The highest BCUT2D eigenvalue weighted by Gasteiger charge is 1.97. The predicted molar refractivity (Wildman–Crippen MR) is 63.5 cm³/mol. The molecule has 0 saturated carbocycles. The minimum atomic E-state index is 0.817. The van der Waals surface area contributed by atoms with Crippen molar-refractivity contribution in [1.29, 1.82) is 0 Å². The van der Waals surface area contributed by atoms with Crippen molar-refractivity contribution in [2.24, 2.45) is 5.73 Å². The summed E-state index contributed by atoms with van der Waals surface area (Å²) in [4.78, 5) is 2.99. The van der Waals surface area contributed by atoms with Crippen LogP contribution in [0.3, 0.4) is 0 Å². The molecular weight excluding hydrogens is 198 g/mol. The normalized spacial score (nSPS) is 10.6. The largest absolute Gasteiger partial charge is 0.330 e. The van der Waals surface area contributed by atoms with Crippen LogP contribution >= 0.6 is 23.1 Å². The van der Waals surface area contributed by atoms with Crippen LogP contribution in [0.25, 0.3) is 0 Å². The van der Waals surface area contributed by atoms with Crippen molar-refractivity contribution in [2.45, 2.75) is 25.5 Å². The highest BCUT2D eigenvalue weighted by molar-refractivity contribution is 7.98. The lowest BCUT2D eigenvalue weighted by atomic mass is 10.4. The van der Waals surface area contributed by atoms with Crippen LogP contribution in [0.1, 0.15) is 23.1 Å². The highest BCUT2D eigenvalue weighted by atomic mass is 32.2. The van der Waals surface area contributed by atoms with E-state index in [0.29, 0.717) is 0 Å². The summed E-state index contributed by atoms with van der Waals surface area (Å²) < 4.78 is 0. The maximum Gasteiger partial charge on any atom is 0.0279 e. The summed E-state index contributed by atoms with van der Waals surface area (Å²) in [7, 11) is 0. The van der Waals surface area contributed by atoms with Crippen molar-refractivity contribution in [3.63, 3.8) is 0 Å². The van der Waals surface area contributed by atoms with Gasteiger partial charge in [0.15, 0.2) is 0 Å². The Kier molecular flexibility index (Phi) is 5.51. The average molecular weight is 215 g/mol. The van der Waals surface area contributed by atoms with Crippen molar-refractivity contribution in [1.82, 2.24) is 0 Å². The summed E-state index contributed by atoms with van der Waals surface area (Å²) in [5, 5.41) is 0. The quantitative estimate of drug-likeness (QED) is 0.738. The Hall–Kier alpha value is 0.01000. The topological polar surface area (TPSA) is 26.0 Å². The number of hydrogen-bond donors (Lipinski definition) is 1.